The molecule has 0 saturated carbocycles. The SMILES string of the molecule is COc1ccc(/C=C/c2cncnc2)cc1. The van der Waals surface area contributed by atoms with Crippen LogP contribution in [-0.2, 0) is 0 Å². The second kappa shape index (κ2) is 5.07. The fourth-order valence-corrected chi connectivity index (χ4v) is 1.30. The summed E-state index contributed by atoms with van der Waals surface area (Å²) in [6.45, 7) is 0. The molecule has 1 aromatic heterocycles. The van der Waals surface area contributed by atoms with E-state index in [1.165, 1.54) is 6.33 Å². The smallest absolute Gasteiger partial charge is 0.118 e. The molecule has 0 radical (unpaired) electrons. The molecule has 3 nitrogen and oxygen atoms in total. The lowest BCUT2D eigenvalue weighted by Gasteiger charge is -1.98. The zero-order valence-electron chi connectivity index (χ0n) is 9.00. The quantitative estimate of drug-likeness (QED) is 0.784. The Bertz CT molecular complexity index is 463. The molecular weight excluding hydrogens is 200 g/mol. The van der Waals surface area contributed by atoms with Gasteiger partial charge in [-0.25, -0.2) is 9.97 Å². The largest absolute Gasteiger partial charge is 0.497 e. The summed E-state index contributed by atoms with van der Waals surface area (Å²) in [5, 5.41) is 0. The van der Waals surface area contributed by atoms with Gasteiger partial charge in [-0.05, 0) is 17.7 Å². The predicted octanol–water partition coefficient (Wildman–Crippen LogP) is 2.66. The summed E-state index contributed by atoms with van der Waals surface area (Å²) in [5.41, 5.74) is 2.10. The molecule has 0 bridgehead atoms. The summed E-state index contributed by atoms with van der Waals surface area (Å²) in [6.07, 6.45) is 9.05. The van der Waals surface area contributed by atoms with Crippen LogP contribution >= 0.6 is 0 Å². The summed E-state index contributed by atoms with van der Waals surface area (Å²) < 4.78 is 5.09. The molecule has 3 heteroatoms. The number of nitrogens with zero attached hydrogens (tertiary/aromatic N) is 2. The predicted molar refractivity (Wildman–Crippen MR) is 64.0 cm³/mol. The second-order valence-corrected chi connectivity index (χ2v) is 3.28. The Morgan fingerprint density at radius 2 is 1.56 bits per heavy atom. The number of ether oxygens (including phenoxy) is 1. The fourth-order valence-electron chi connectivity index (χ4n) is 1.30. The minimum Gasteiger partial charge on any atom is -0.497 e. The van der Waals surface area contributed by atoms with E-state index in [-0.39, 0.29) is 0 Å². The molecule has 0 aliphatic rings. The van der Waals surface area contributed by atoms with Crippen molar-refractivity contribution in [2.24, 2.45) is 0 Å². The molecule has 0 aliphatic heterocycles. The van der Waals surface area contributed by atoms with Crippen LogP contribution in [-0.4, -0.2) is 17.1 Å². The Kier molecular flexibility index (Phi) is 3.28. The van der Waals surface area contributed by atoms with Gasteiger partial charge in [0.1, 0.15) is 12.1 Å². The Balaban J connectivity index is 2.12. The maximum Gasteiger partial charge on any atom is 0.118 e. The molecule has 1 heterocycles. The van der Waals surface area contributed by atoms with E-state index in [1.807, 2.05) is 36.4 Å². The van der Waals surface area contributed by atoms with E-state index in [0.717, 1.165) is 16.9 Å². The molecule has 2 aromatic rings. The van der Waals surface area contributed by atoms with Gasteiger partial charge in [-0.15, -0.1) is 0 Å². The topological polar surface area (TPSA) is 35.0 Å². The van der Waals surface area contributed by atoms with E-state index >= 15 is 0 Å². The average Bonchev–Trinajstić information content (AvgIpc) is 2.38. The molecule has 0 aliphatic carbocycles. The van der Waals surface area contributed by atoms with Crippen LogP contribution in [0.15, 0.2) is 43.0 Å². The average molecular weight is 212 g/mol. The van der Waals surface area contributed by atoms with E-state index in [4.69, 9.17) is 4.74 Å². The number of hydrogen-bond acceptors (Lipinski definition) is 3. The van der Waals surface area contributed by atoms with Gasteiger partial charge in [-0.3, -0.25) is 0 Å². The van der Waals surface area contributed by atoms with Crippen molar-refractivity contribution in [3.63, 3.8) is 0 Å². The Labute approximate surface area is 94.4 Å². The number of aromatic nitrogens is 2. The normalized spacial score (nSPS) is 10.6. The van der Waals surface area contributed by atoms with E-state index in [0.29, 0.717) is 0 Å². The van der Waals surface area contributed by atoms with Gasteiger partial charge < -0.3 is 4.74 Å². The highest BCUT2D eigenvalue weighted by Crippen LogP contribution is 2.13. The van der Waals surface area contributed by atoms with Crippen molar-refractivity contribution in [3.8, 4) is 5.75 Å². The van der Waals surface area contributed by atoms with Gasteiger partial charge in [-0.1, -0.05) is 24.3 Å². The monoisotopic (exact) mass is 212 g/mol. The van der Waals surface area contributed by atoms with E-state index in [1.54, 1.807) is 19.5 Å². The lowest BCUT2D eigenvalue weighted by Crippen LogP contribution is -1.81. The first-order valence-corrected chi connectivity index (χ1v) is 4.95. The minimum absolute atomic E-state index is 0.861. The molecule has 80 valence electrons. The van der Waals surface area contributed by atoms with Crippen LogP contribution < -0.4 is 4.74 Å². The summed E-state index contributed by atoms with van der Waals surface area (Å²) in [7, 11) is 1.66. The van der Waals surface area contributed by atoms with Crippen molar-refractivity contribution < 1.29 is 4.74 Å². The summed E-state index contributed by atoms with van der Waals surface area (Å²) >= 11 is 0. The van der Waals surface area contributed by atoms with Gasteiger partial charge in [0.2, 0.25) is 0 Å². The van der Waals surface area contributed by atoms with Crippen molar-refractivity contribution in [2.45, 2.75) is 0 Å². The van der Waals surface area contributed by atoms with Gasteiger partial charge in [-0.2, -0.15) is 0 Å². The third-order valence-corrected chi connectivity index (χ3v) is 2.16. The Hall–Kier alpha value is -2.16. The van der Waals surface area contributed by atoms with E-state index in [2.05, 4.69) is 9.97 Å². The summed E-state index contributed by atoms with van der Waals surface area (Å²) in [4.78, 5) is 7.88. The first kappa shape index (κ1) is 10.4. The van der Waals surface area contributed by atoms with Crippen LogP contribution in [0.4, 0.5) is 0 Å². The standard InChI is InChI=1S/C13H12N2O/c1-16-13-6-4-11(5-7-13)2-3-12-8-14-10-15-9-12/h2-10H,1H3/b3-2+. The second-order valence-electron chi connectivity index (χ2n) is 3.28. The molecule has 0 N–H and O–H groups in total. The van der Waals surface area contributed by atoms with E-state index < -0.39 is 0 Å². The molecule has 2 rings (SSSR count). The zero-order chi connectivity index (χ0) is 11.2. The van der Waals surface area contributed by atoms with Crippen molar-refractivity contribution >= 4 is 12.2 Å². The molecule has 0 saturated heterocycles. The zero-order valence-corrected chi connectivity index (χ0v) is 9.00. The van der Waals surface area contributed by atoms with E-state index in [9.17, 15) is 0 Å². The first-order chi connectivity index (χ1) is 7.88. The molecule has 1 aromatic carbocycles. The number of benzene rings is 1. The molecular formula is C13H12N2O. The van der Waals surface area contributed by atoms with Crippen molar-refractivity contribution in [1.29, 1.82) is 0 Å². The lowest BCUT2D eigenvalue weighted by molar-refractivity contribution is 0.415. The highest BCUT2D eigenvalue weighted by atomic mass is 16.5. The van der Waals surface area contributed by atoms with Crippen LogP contribution in [0.1, 0.15) is 11.1 Å². The van der Waals surface area contributed by atoms with Crippen LogP contribution in [0, 0.1) is 0 Å². The highest BCUT2D eigenvalue weighted by Gasteiger charge is 1.90. The number of hydrogen-bond donors (Lipinski definition) is 0. The molecule has 0 amide bonds. The van der Waals surface area contributed by atoms with Gasteiger partial charge in [0.15, 0.2) is 0 Å². The molecule has 0 unspecified atom stereocenters. The van der Waals surface area contributed by atoms with Gasteiger partial charge in [0.25, 0.3) is 0 Å². The first-order valence-electron chi connectivity index (χ1n) is 4.95. The number of rotatable bonds is 3. The van der Waals surface area contributed by atoms with Gasteiger partial charge >= 0.3 is 0 Å². The van der Waals surface area contributed by atoms with Crippen molar-refractivity contribution in [2.75, 3.05) is 7.11 Å². The van der Waals surface area contributed by atoms with Crippen LogP contribution in [0.2, 0.25) is 0 Å². The Morgan fingerprint density at radius 3 is 2.19 bits per heavy atom. The molecule has 0 atom stereocenters. The highest BCUT2D eigenvalue weighted by molar-refractivity contribution is 5.68. The third kappa shape index (κ3) is 2.67. The van der Waals surface area contributed by atoms with Crippen molar-refractivity contribution in [1.82, 2.24) is 9.97 Å². The molecule has 0 spiro atoms. The van der Waals surface area contributed by atoms with Crippen LogP contribution in [0.25, 0.3) is 12.2 Å². The fraction of sp³-hybridized carbons (Fsp3) is 0.0769. The maximum absolute atomic E-state index is 5.09. The summed E-state index contributed by atoms with van der Waals surface area (Å²) in [6, 6.07) is 7.86. The minimum atomic E-state index is 0.861. The third-order valence-electron chi connectivity index (χ3n) is 2.16. The molecule has 0 fully saturated rings. The number of methoxy groups -OCH3 is 1. The van der Waals surface area contributed by atoms with Gasteiger partial charge in [0, 0.05) is 18.0 Å². The lowest BCUT2D eigenvalue weighted by atomic mass is 10.2. The molecule has 16 heavy (non-hydrogen) atoms. The summed E-state index contributed by atoms with van der Waals surface area (Å²) in [5.74, 6) is 0.861. The van der Waals surface area contributed by atoms with Crippen LogP contribution in [0.5, 0.6) is 5.75 Å². The van der Waals surface area contributed by atoms with Crippen molar-refractivity contribution in [3.05, 3.63) is 54.1 Å². The van der Waals surface area contributed by atoms with Crippen LogP contribution in [0.3, 0.4) is 0 Å². The maximum atomic E-state index is 5.09. The Morgan fingerprint density at radius 1 is 0.938 bits per heavy atom. The van der Waals surface area contributed by atoms with Gasteiger partial charge in [0.05, 0.1) is 7.11 Å².